The Hall–Kier alpha value is -6.18. The molecule has 8 aromatic rings. The van der Waals surface area contributed by atoms with E-state index in [1.807, 2.05) is 0 Å². The van der Waals surface area contributed by atoms with Crippen LogP contribution in [-0.4, -0.2) is 0 Å². The monoisotopic (exact) mass is 597 g/mol. The Balaban J connectivity index is 1.20. The molecule has 0 bridgehead atoms. The molecule has 0 radical (unpaired) electrons. The Morgan fingerprint density at radius 2 is 0.894 bits per heavy atom. The molecule has 0 atom stereocenters. The van der Waals surface area contributed by atoms with E-state index in [2.05, 4.69) is 193 Å². The van der Waals surface area contributed by atoms with Crippen molar-refractivity contribution in [2.75, 3.05) is 4.90 Å². The summed E-state index contributed by atoms with van der Waals surface area (Å²) < 4.78 is 0. The van der Waals surface area contributed by atoms with Crippen LogP contribution in [0.2, 0.25) is 0 Å². The first-order chi connectivity index (χ1) is 23.3. The molecule has 1 heteroatoms. The van der Waals surface area contributed by atoms with E-state index in [0.29, 0.717) is 0 Å². The van der Waals surface area contributed by atoms with Gasteiger partial charge in [-0.3, -0.25) is 0 Å². The zero-order chi connectivity index (χ0) is 31.2. The van der Waals surface area contributed by atoms with E-state index in [-0.39, 0.29) is 0 Å². The second kappa shape index (κ2) is 11.3. The standard InChI is InChI=1S/C46H31N/c1-3-10-32(11-4-1)34-20-24-40(25-21-34)47(41-26-22-35(23-27-41)33-12-5-2-6-13-33)45-29-28-42(43-16-7-8-17-44(43)45)39-30-37-15-9-14-36-18-19-38(31-39)46(36)37/h1-31H. The number of benzene rings is 8. The highest BCUT2D eigenvalue weighted by Crippen LogP contribution is 2.44. The van der Waals surface area contributed by atoms with E-state index < -0.39 is 0 Å². The summed E-state index contributed by atoms with van der Waals surface area (Å²) in [4.78, 5) is 2.39. The van der Waals surface area contributed by atoms with E-state index >= 15 is 0 Å². The summed E-state index contributed by atoms with van der Waals surface area (Å²) in [5.41, 5.74) is 13.3. The third kappa shape index (κ3) is 4.81. The van der Waals surface area contributed by atoms with E-state index in [9.17, 15) is 0 Å². The first kappa shape index (κ1) is 27.2. The van der Waals surface area contributed by atoms with Crippen molar-refractivity contribution < 1.29 is 0 Å². The smallest absolute Gasteiger partial charge is 0.0540 e. The second-order valence-corrected chi connectivity index (χ2v) is 12.2. The lowest BCUT2D eigenvalue weighted by Gasteiger charge is -2.28. The highest BCUT2D eigenvalue weighted by Gasteiger charge is 2.19. The van der Waals surface area contributed by atoms with E-state index in [1.54, 1.807) is 0 Å². The van der Waals surface area contributed by atoms with Crippen LogP contribution in [0.3, 0.4) is 0 Å². The molecular formula is C46H31N. The molecule has 0 aromatic heterocycles. The van der Waals surface area contributed by atoms with Gasteiger partial charge in [0.2, 0.25) is 0 Å². The van der Waals surface area contributed by atoms with Crippen LogP contribution in [0.25, 0.3) is 67.1 Å². The molecule has 1 nitrogen and oxygen atoms in total. The van der Waals surface area contributed by atoms with Gasteiger partial charge in [-0.15, -0.1) is 0 Å². The Labute approximate surface area is 275 Å². The molecule has 0 saturated heterocycles. The van der Waals surface area contributed by atoms with Crippen molar-refractivity contribution in [3.05, 3.63) is 187 Å². The molecule has 0 saturated carbocycles. The number of rotatable bonds is 6. The van der Waals surface area contributed by atoms with Crippen LogP contribution in [0.15, 0.2) is 176 Å². The van der Waals surface area contributed by atoms with Crippen molar-refractivity contribution in [2.24, 2.45) is 0 Å². The molecule has 1 aliphatic carbocycles. The molecule has 0 N–H and O–H groups in total. The van der Waals surface area contributed by atoms with Crippen molar-refractivity contribution >= 4 is 50.8 Å². The van der Waals surface area contributed by atoms with Crippen molar-refractivity contribution in [2.45, 2.75) is 0 Å². The van der Waals surface area contributed by atoms with Crippen molar-refractivity contribution in [1.82, 2.24) is 0 Å². The van der Waals surface area contributed by atoms with Crippen molar-refractivity contribution in [3.63, 3.8) is 0 Å². The lowest BCUT2D eigenvalue weighted by Crippen LogP contribution is -2.10. The zero-order valence-corrected chi connectivity index (χ0v) is 25.8. The molecule has 0 amide bonds. The van der Waals surface area contributed by atoms with Crippen LogP contribution < -0.4 is 4.90 Å². The lowest BCUT2D eigenvalue weighted by molar-refractivity contribution is 1.30. The van der Waals surface area contributed by atoms with Gasteiger partial charge in [0.1, 0.15) is 0 Å². The third-order valence-electron chi connectivity index (χ3n) is 9.40. The number of fused-ring (bicyclic) bond motifs is 1. The predicted octanol–water partition coefficient (Wildman–Crippen LogP) is 12.9. The Morgan fingerprint density at radius 3 is 1.53 bits per heavy atom. The van der Waals surface area contributed by atoms with Gasteiger partial charge in [-0.1, -0.05) is 146 Å². The van der Waals surface area contributed by atoms with Crippen molar-refractivity contribution in [3.8, 4) is 33.4 Å². The minimum atomic E-state index is 1.12. The molecule has 0 unspecified atom stereocenters. The first-order valence-electron chi connectivity index (χ1n) is 16.2. The molecular weight excluding hydrogens is 567 g/mol. The molecule has 0 spiro atoms. The van der Waals surface area contributed by atoms with Gasteiger partial charge < -0.3 is 4.90 Å². The number of hydrogen-bond acceptors (Lipinski definition) is 1. The largest absolute Gasteiger partial charge is 0.310 e. The van der Waals surface area contributed by atoms with E-state index in [1.165, 1.54) is 66.1 Å². The Bertz CT molecular complexity index is 2340. The predicted molar refractivity (Wildman–Crippen MR) is 201 cm³/mol. The van der Waals surface area contributed by atoms with Crippen LogP contribution in [-0.2, 0) is 0 Å². The summed E-state index contributed by atoms with van der Waals surface area (Å²) in [5.74, 6) is 0. The average molecular weight is 598 g/mol. The number of hydrogen-bond donors (Lipinski definition) is 0. The van der Waals surface area contributed by atoms with Crippen molar-refractivity contribution in [1.29, 1.82) is 0 Å². The van der Waals surface area contributed by atoms with E-state index in [4.69, 9.17) is 0 Å². The SMILES string of the molecule is C1=Cc2cc(-c3ccc(N(c4ccc(-c5ccccc5)cc4)c4ccc(-c5ccccc5)cc4)c4ccccc34)cc3cccc1c23. The van der Waals surface area contributed by atoms with Crippen LogP contribution in [0.5, 0.6) is 0 Å². The topological polar surface area (TPSA) is 3.24 Å². The van der Waals surface area contributed by atoms with Gasteiger partial charge in [0, 0.05) is 16.8 Å². The first-order valence-corrected chi connectivity index (χ1v) is 16.2. The molecule has 0 heterocycles. The summed E-state index contributed by atoms with van der Waals surface area (Å²) >= 11 is 0. The van der Waals surface area contributed by atoms with Gasteiger partial charge in [-0.2, -0.15) is 0 Å². The summed E-state index contributed by atoms with van der Waals surface area (Å²) in [5, 5.41) is 5.08. The average Bonchev–Trinajstić information content (AvgIpc) is 3.57. The van der Waals surface area contributed by atoms with Gasteiger partial charge in [-0.05, 0) is 103 Å². The second-order valence-electron chi connectivity index (χ2n) is 12.2. The molecule has 1 aliphatic rings. The lowest BCUT2D eigenvalue weighted by atomic mass is 9.93. The van der Waals surface area contributed by atoms with Gasteiger partial charge in [-0.25, -0.2) is 0 Å². The van der Waals surface area contributed by atoms with Gasteiger partial charge in [0.05, 0.1) is 5.69 Å². The van der Waals surface area contributed by atoms with Crippen LogP contribution in [0.1, 0.15) is 11.1 Å². The maximum atomic E-state index is 2.39. The fourth-order valence-electron chi connectivity index (χ4n) is 7.12. The fraction of sp³-hybridized carbons (Fsp3) is 0. The highest BCUT2D eigenvalue weighted by molar-refractivity contribution is 6.10. The summed E-state index contributed by atoms with van der Waals surface area (Å²) in [7, 11) is 0. The molecule has 0 fully saturated rings. The summed E-state index contributed by atoms with van der Waals surface area (Å²) in [6, 6.07) is 63.7. The maximum Gasteiger partial charge on any atom is 0.0540 e. The molecule has 9 rings (SSSR count). The molecule has 220 valence electrons. The van der Waals surface area contributed by atoms with Crippen LogP contribution >= 0.6 is 0 Å². The van der Waals surface area contributed by atoms with Crippen LogP contribution in [0.4, 0.5) is 17.1 Å². The Morgan fingerprint density at radius 1 is 0.340 bits per heavy atom. The molecule has 47 heavy (non-hydrogen) atoms. The van der Waals surface area contributed by atoms with Gasteiger partial charge in [0.15, 0.2) is 0 Å². The minimum Gasteiger partial charge on any atom is -0.310 e. The van der Waals surface area contributed by atoms with E-state index in [0.717, 1.165) is 17.1 Å². The minimum absolute atomic E-state index is 1.12. The zero-order valence-electron chi connectivity index (χ0n) is 25.8. The summed E-state index contributed by atoms with van der Waals surface area (Å²) in [6.07, 6.45) is 4.48. The van der Waals surface area contributed by atoms with Crippen LogP contribution in [0, 0.1) is 0 Å². The highest BCUT2D eigenvalue weighted by atomic mass is 15.1. The Kier molecular flexibility index (Phi) is 6.54. The number of nitrogens with zero attached hydrogens (tertiary/aromatic N) is 1. The van der Waals surface area contributed by atoms with Gasteiger partial charge in [0.25, 0.3) is 0 Å². The quantitative estimate of drug-likeness (QED) is 0.184. The number of anilines is 3. The van der Waals surface area contributed by atoms with Gasteiger partial charge >= 0.3 is 0 Å². The maximum absolute atomic E-state index is 2.39. The normalized spacial score (nSPS) is 11.7. The molecule has 0 aliphatic heterocycles. The third-order valence-corrected chi connectivity index (χ3v) is 9.40. The fourth-order valence-corrected chi connectivity index (χ4v) is 7.12. The summed E-state index contributed by atoms with van der Waals surface area (Å²) in [6.45, 7) is 0. The molecule has 8 aromatic carbocycles.